The lowest BCUT2D eigenvalue weighted by Crippen LogP contribution is -2.37. The van der Waals surface area contributed by atoms with Crippen LogP contribution in [0.25, 0.3) is 11.0 Å². The first-order valence-electron chi connectivity index (χ1n) is 8.59. The van der Waals surface area contributed by atoms with Crippen LogP contribution in [-0.2, 0) is 11.2 Å². The second-order valence-electron chi connectivity index (χ2n) is 5.95. The smallest absolute Gasteiger partial charge is 0.188 e. The quantitative estimate of drug-likeness (QED) is 0.395. The van der Waals surface area contributed by atoms with E-state index < -0.39 is 0 Å². The van der Waals surface area contributed by atoms with Crippen LogP contribution in [0.15, 0.2) is 29.3 Å². The van der Waals surface area contributed by atoms with E-state index in [9.17, 15) is 0 Å². The van der Waals surface area contributed by atoms with Crippen LogP contribution >= 0.6 is 0 Å². The van der Waals surface area contributed by atoms with Gasteiger partial charge in [0, 0.05) is 39.1 Å². The lowest BCUT2D eigenvalue weighted by Gasteiger charge is -2.26. The molecule has 2 heterocycles. The summed E-state index contributed by atoms with van der Waals surface area (Å²) in [6.07, 6.45) is 1.81. The van der Waals surface area contributed by atoms with Gasteiger partial charge >= 0.3 is 0 Å². The number of benzene rings is 1. The molecule has 0 unspecified atom stereocenters. The average Bonchev–Trinajstić information content (AvgIpc) is 3.02. The van der Waals surface area contributed by atoms with Crippen molar-refractivity contribution < 1.29 is 4.74 Å². The number of nitrogens with two attached hydrogens (primary N) is 1. The Balaban J connectivity index is 1.33. The summed E-state index contributed by atoms with van der Waals surface area (Å²) >= 11 is 0. The van der Waals surface area contributed by atoms with E-state index in [1.54, 1.807) is 0 Å². The zero-order valence-electron chi connectivity index (χ0n) is 14.0. The van der Waals surface area contributed by atoms with Crippen molar-refractivity contribution in [2.45, 2.75) is 12.8 Å². The number of H-pyrrole nitrogens is 1. The molecule has 0 spiro atoms. The number of hydrogen-bond acceptors (Lipinski definition) is 4. The van der Waals surface area contributed by atoms with Gasteiger partial charge < -0.3 is 20.8 Å². The zero-order valence-corrected chi connectivity index (χ0v) is 14.0. The van der Waals surface area contributed by atoms with Gasteiger partial charge in [0.25, 0.3) is 0 Å². The van der Waals surface area contributed by atoms with Crippen LogP contribution in [-0.4, -0.2) is 66.8 Å². The molecule has 1 saturated heterocycles. The van der Waals surface area contributed by atoms with E-state index in [1.165, 1.54) is 0 Å². The highest BCUT2D eigenvalue weighted by Gasteiger charge is 2.08. The lowest BCUT2D eigenvalue weighted by molar-refractivity contribution is 0.0377. The first-order valence-corrected chi connectivity index (χ1v) is 8.59. The third kappa shape index (κ3) is 4.94. The van der Waals surface area contributed by atoms with Gasteiger partial charge in [0.2, 0.25) is 0 Å². The molecule has 4 N–H and O–H groups in total. The summed E-state index contributed by atoms with van der Waals surface area (Å²) < 4.78 is 5.34. The fraction of sp³-hybridized carbons (Fsp3) is 0.529. The first kappa shape index (κ1) is 16.7. The molecule has 1 aliphatic rings. The number of nitrogens with zero attached hydrogens (tertiary/aromatic N) is 3. The average molecular weight is 330 g/mol. The molecule has 0 saturated carbocycles. The van der Waals surface area contributed by atoms with Gasteiger partial charge in [-0.3, -0.25) is 9.89 Å². The molecule has 0 bridgehead atoms. The number of nitrogens with one attached hydrogen (secondary N) is 2. The van der Waals surface area contributed by atoms with Crippen molar-refractivity contribution in [1.82, 2.24) is 20.2 Å². The number of aliphatic imine (C=N–C) groups is 1. The van der Waals surface area contributed by atoms with Crippen LogP contribution in [0.5, 0.6) is 0 Å². The van der Waals surface area contributed by atoms with Crippen LogP contribution in [0, 0.1) is 0 Å². The molecule has 0 radical (unpaired) electrons. The molecule has 1 aliphatic heterocycles. The van der Waals surface area contributed by atoms with Gasteiger partial charge in [-0.1, -0.05) is 12.1 Å². The van der Waals surface area contributed by atoms with Gasteiger partial charge in [-0.15, -0.1) is 0 Å². The van der Waals surface area contributed by atoms with Crippen molar-refractivity contribution in [1.29, 1.82) is 0 Å². The molecule has 3 rings (SSSR count). The third-order valence-corrected chi connectivity index (χ3v) is 4.12. The summed E-state index contributed by atoms with van der Waals surface area (Å²) in [6.45, 7) is 6.26. The number of imidazole rings is 1. The van der Waals surface area contributed by atoms with E-state index >= 15 is 0 Å². The van der Waals surface area contributed by atoms with Crippen molar-refractivity contribution in [3.63, 3.8) is 0 Å². The van der Waals surface area contributed by atoms with Gasteiger partial charge in [-0.05, 0) is 18.6 Å². The van der Waals surface area contributed by atoms with Crippen LogP contribution in [0.4, 0.5) is 0 Å². The van der Waals surface area contributed by atoms with Crippen molar-refractivity contribution in [3.8, 4) is 0 Å². The SMILES string of the molecule is NC(=NCCCN1CCOCC1)NCCc1nc2ccccc2[nH]1. The summed E-state index contributed by atoms with van der Waals surface area (Å²) in [5.41, 5.74) is 7.97. The molecular formula is C17H26N6O. The number of guanidine groups is 1. The van der Waals surface area contributed by atoms with Gasteiger partial charge in [-0.25, -0.2) is 4.98 Å². The molecule has 0 amide bonds. The number of morpholine rings is 1. The summed E-state index contributed by atoms with van der Waals surface area (Å²) in [5, 5.41) is 3.15. The fourth-order valence-corrected chi connectivity index (χ4v) is 2.81. The van der Waals surface area contributed by atoms with Gasteiger partial charge in [0.1, 0.15) is 5.82 Å². The highest BCUT2D eigenvalue weighted by atomic mass is 16.5. The zero-order chi connectivity index (χ0) is 16.6. The molecule has 2 aromatic rings. The Morgan fingerprint density at radius 1 is 1.33 bits per heavy atom. The molecule has 1 aromatic heterocycles. The number of ether oxygens (including phenoxy) is 1. The molecule has 1 aromatic carbocycles. The predicted molar refractivity (Wildman–Crippen MR) is 96.2 cm³/mol. The second kappa shape index (κ2) is 8.65. The van der Waals surface area contributed by atoms with E-state index in [1.807, 2.05) is 24.3 Å². The number of fused-ring (bicyclic) bond motifs is 1. The van der Waals surface area contributed by atoms with E-state index in [0.717, 1.165) is 75.6 Å². The second-order valence-corrected chi connectivity index (χ2v) is 5.95. The minimum Gasteiger partial charge on any atom is -0.379 e. The largest absolute Gasteiger partial charge is 0.379 e. The number of aromatic nitrogens is 2. The molecule has 24 heavy (non-hydrogen) atoms. The van der Waals surface area contributed by atoms with Crippen LogP contribution < -0.4 is 11.1 Å². The van der Waals surface area contributed by atoms with E-state index in [-0.39, 0.29) is 0 Å². The van der Waals surface area contributed by atoms with Crippen LogP contribution in [0.2, 0.25) is 0 Å². The summed E-state index contributed by atoms with van der Waals surface area (Å²) in [5.74, 6) is 1.47. The van der Waals surface area contributed by atoms with E-state index in [4.69, 9.17) is 10.5 Å². The van der Waals surface area contributed by atoms with Crippen LogP contribution in [0.3, 0.4) is 0 Å². The monoisotopic (exact) mass is 330 g/mol. The molecule has 130 valence electrons. The lowest BCUT2D eigenvalue weighted by atomic mass is 10.3. The Hall–Kier alpha value is -2.12. The maximum absolute atomic E-state index is 5.91. The van der Waals surface area contributed by atoms with Gasteiger partial charge in [0.05, 0.1) is 24.2 Å². The predicted octanol–water partition coefficient (Wildman–Crippen LogP) is 0.732. The number of para-hydroxylation sites is 2. The van der Waals surface area contributed by atoms with Crippen molar-refractivity contribution in [2.75, 3.05) is 45.9 Å². The highest BCUT2D eigenvalue weighted by Crippen LogP contribution is 2.10. The molecule has 1 fully saturated rings. The van der Waals surface area contributed by atoms with E-state index in [2.05, 4.69) is 25.2 Å². The van der Waals surface area contributed by atoms with Crippen molar-refractivity contribution >= 4 is 17.0 Å². The summed E-state index contributed by atoms with van der Waals surface area (Å²) in [6, 6.07) is 8.04. The minimum absolute atomic E-state index is 0.507. The maximum Gasteiger partial charge on any atom is 0.188 e. The van der Waals surface area contributed by atoms with Crippen molar-refractivity contribution in [2.24, 2.45) is 10.7 Å². The molecular weight excluding hydrogens is 304 g/mol. The molecule has 7 nitrogen and oxygen atoms in total. The Morgan fingerprint density at radius 3 is 3.00 bits per heavy atom. The Kier molecular flexibility index (Phi) is 6.03. The summed E-state index contributed by atoms with van der Waals surface area (Å²) in [7, 11) is 0. The molecule has 0 atom stereocenters. The van der Waals surface area contributed by atoms with Gasteiger partial charge in [0.15, 0.2) is 5.96 Å². The standard InChI is InChI=1S/C17H26N6O/c18-17(19-7-3-9-23-10-12-24-13-11-23)20-8-6-16-21-14-4-1-2-5-15(14)22-16/h1-2,4-5H,3,6-13H2,(H,21,22)(H3,18,19,20). The molecule has 7 heteroatoms. The van der Waals surface area contributed by atoms with Gasteiger partial charge in [-0.2, -0.15) is 0 Å². The number of rotatable bonds is 7. The number of aromatic amines is 1. The first-order chi connectivity index (χ1) is 11.8. The van der Waals surface area contributed by atoms with Crippen LogP contribution in [0.1, 0.15) is 12.2 Å². The maximum atomic E-state index is 5.91. The van der Waals surface area contributed by atoms with E-state index in [0.29, 0.717) is 5.96 Å². The Bertz CT molecular complexity index is 629. The van der Waals surface area contributed by atoms with Crippen molar-refractivity contribution in [3.05, 3.63) is 30.1 Å². The topological polar surface area (TPSA) is 91.6 Å². The normalized spacial score (nSPS) is 16.6. The fourth-order valence-electron chi connectivity index (χ4n) is 2.81. The minimum atomic E-state index is 0.507. The number of hydrogen-bond donors (Lipinski definition) is 3. The summed E-state index contributed by atoms with van der Waals surface area (Å²) in [4.78, 5) is 14.6. The highest BCUT2D eigenvalue weighted by molar-refractivity contribution is 5.77. The third-order valence-electron chi connectivity index (χ3n) is 4.12. The molecule has 0 aliphatic carbocycles. The Morgan fingerprint density at radius 2 is 2.17 bits per heavy atom. The Labute approximate surface area is 142 Å².